The van der Waals surface area contributed by atoms with Crippen LogP contribution in [0.2, 0.25) is 0 Å². The molecule has 0 saturated heterocycles. The van der Waals surface area contributed by atoms with Gasteiger partial charge in [0.25, 0.3) is 5.69 Å². The Morgan fingerprint density at radius 3 is 2.40 bits per heavy atom. The van der Waals surface area contributed by atoms with Crippen molar-refractivity contribution in [2.45, 2.75) is 26.2 Å². The number of nitrogens with zero attached hydrogens (tertiary/aromatic N) is 1. The molecule has 0 saturated carbocycles. The van der Waals surface area contributed by atoms with E-state index in [-0.39, 0.29) is 16.9 Å². The van der Waals surface area contributed by atoms with Gasteiger partial charge in [0, 0.05) is 6.07 Å². The van der Waals surface area contributed by atoms with Gasteiger partial charge in [0.05, 0.1) is 10.5 Å². The predicted molar refractivity (Wildman–Crippen MR) is 74.9 cm³/mol. The minimum absolute atomic E-state index is 0.0239. The number of rotatable bonds is 3. The number of carbonyl (C=O) groups is 1. The number of nitro groups is 1. The fraction of sp³-hybridized carbons (Fsp3) is 0.267. The Kier molecular flexibility index (Phi) is 3.44. The summed E-state index contributed by atoms with van der Waals surface area (Å²) in [7, 11) is 0. The van der Waals surface area contributed by atoms with Crippen molar-refractivity contribution in [3.63, 3.8) is 0 Å². The lowest BCUT2D eigenvalue weighted by molar-refractivity contribution is -0.384. The van der Waals surface area contributed by atoms with Crippen LogP contribution in [0.15, 0.2) is 34.7 Å². The average molecular weight is 273 g/mol. The Morgan fingerprint density at radius 1 is 1.20 bits per heavy atom. The summed E-state index contributed by atoms with van der Waals surface area (Å²) in [6, 6.07) is 8.10. The van der Waals surface area contributed by atoms with E-state index in [1.54, 1.807) is 18.2 Å². The third-order valence-corrected chi connectivity index (χ3v) is 3.07. The van der Waals surface area contributed by atoms with Gasteiger partial charge >= 0.3 is 0 Å². The molecule has 1 aromatic carbocycles. The predicted octanol–water partition coefficient (Wildman–Crippen LogP) is 3.96. The van der Waals surface area contributed by atoms with E-state index in [1.165, 1.54) is 6.07 Å². The summed E-state index contributed by atoms with van der Waals surface area (Å²) in [5, 5.41) is 11.2. The molecule has 5 nitrogen and oxygen atoms in total. The van der Waals surface area contributed by atoms with Crippen molar-refractivity contribution >= 4 is 12.0 Å². The zero-order valence-electron chi connectivity index (χ0n) is 11.5. The Bertz CT molecular complexity index is 665. The Morgan fingerprint density at radius 2 is 1.90 bits per heavy atom. The second kappa shape index (κ2) is 4.92. The van der Waals surface area contributed by atoms with Gasteiger partial charge < -0.3 is 4.42 Å². The van der Waals surface area contributed by atoms with Gasteiger partial charge in [-0.1, -0.05) is 26.8 Å². The monoisotopic (exact) mass is 273 g/mol. The van der Waals surface area contributed by atoms with E-state index in [9.17, 15) is 14.9 Å². The van der Waals surface area contributed by atoms with E-state index in [4.69, 9.17) is 4.42 Å². The summed E-state index contributed by atoms with van der Waals surface area (Å²) in [6.07, 6.45) is 0.568. The molecular formula is C15H15NO4. The third-order valence-electron chi connectivity index (χ3n) is 3.07. The Hall–Kier alpha value is -2.43. The summed E-state index contributed by atoms with van der Waals surface area (Å²) in [4.78, 5) is 21.4. The minimum Gasteiger partial charge on any atom is -0.453 e. The summed E-state index contributed by atoms with van der Waals surface area (Å²) in [5.41, 5.74) is 1.04. The fourth-order valence-electron chi connectivity index (χ4n) is 1.92. The molecule has 0 unspecified atom stereocenters. The van der Waals surface area contributed by atoms with E-state index < -0.39 is 4.92 Å². The molecular weight excluding hydrogens is 258 g/mol. The first-order chi connectivity index (χ1) is 9.32. The zero-order chi connectivity index (χ0) is 14.9. The molecule has 0 amide bonds. The summed E-state index contributed by atoms with van der Waals surface area (Å²) < 4.78 is 5.26. The zero-order valence-corrected chi connectivity index (χ0v) is 11.5. The summed E-state index contributed by atoms with van der Waals surface area (Å²) >= 11 is 0. The molecule has 0 aliphatic heterocycles. The van der Waals surface area contributed by atoms with Gasteiger partial charge in [-0.15, -0.1) is 0 Å². The van der Waals surface area contributed by atoms with Gasteiger partial charge in [-0.2, -0.15) is 0 Å². The number of hydrogen-bond acceptors (Lipinski definition) is 4. The molecule has 104 valence electrons. The van der Waals surface area contributed by atoms with Gasteiger partial charge in [-0.3, -0.25) is 14.9 Å². The van der Waals surface area contributed by atoms with E-state index in [0.29, 0.717) is 17.6 Å². The molecule has 0 aliphatic rings. The van der Waals surface area contributed by atoms with Crippen LogP contribution < -0.4 is 0 Å². The molecule has 2 rings (SSSR count). The lowest BCUT2D eigenvalue weighted by Gasteiger charge is -2.19. The van der Waals surface area contributed by atoms with Crippen LogP contribution in [0.3, 0.4) is 0 Å². The van der Waals surface area contributed by atoms with Crippen LogP contribution in [0.4, 0.5) is 5.69 Å². The van der Waals surface area contributed by atoms with Crippen molar-refractivity contribution in [2.24, 2.45) is 0 Å². The molecule has 0 fully saturated rings. The molecule has 0 bridgehead atoms. The van der Waals surface area contributed by atoms with Crippen molar-refractivity contribution in [3.05, 3.63) is 51.8 Å². The quantitative estimate of drug-likeness (QED) is 0.482. The number of nitro benzene ring substituents is 1. The maximum atomic E-state index is 11.2. The van der Waals surface area contributed by atoms with E-state index in [0.717, 1.165) is 5.56 Å². The highest BCUT2D eigenvalue weighted by Gasteiger charge is 2.23. The van der Waals surface area contributed by atoms with Crippen molar-refractivity contribution in [2.75, 3.05) is 0 Å². The SMILES string of the molecule is CC(C)(C)c1ccc(-c2ccc(C=O)o2)c([N+](=O)[O-])c1. The Balaban J connectivity index is 2.58. The van der Waals surface area contributed by atoms with Crippen molar-refractivity contribution < 1.29 is 14.1 Å². The molecule has 2 aromatic rings. The highest BCUT2D eigenvalue weighted by molar-refractivity contribution is 5.75. The fourth-order valence-corrected chi connectivity index (χ4v) is 1.92. The first-order valence-electron chi connectivity index (χ1n) is 6.17. The second-order valence-corrected chi connectivity index (χ2v) is 5.56. The molecule has 0 radical (unpaired) electrons. The van der Waals surface area contributed by atoms with Crippen LogP contribution in [0.25, 0.3) is 11.3 Å². The smallest absolute Gasteiger partial charge is 0.280 e. The minimum atomic E-state index is -0.437. The molecule has 0 spiro atoms. The van der Waals surface area contributed by atoms with Gasteiger partial charge in [0.2, 0.25) is 0 Å². The standard InChI is InChI=1S/C15H15NO4/c1-15(2,3)10-4-6-12(13(8-10)16(18)19)14-7-5-11(9-17)20-14/h4-9H,1-3H3. The number of aldehydes is 1. The van der Waals surface area contributed by atoms with Crippen LogP contribution in [0.1, 0.15) is 36.9 Å². The normalized spacial score (nSPS) is 11.3. The number of furan rings is 1. The molecule has 0 atom stereocenters. The van der Waals surface area contributed by atoms with Crippen LogP contribution in [-0.4, -0.2) is 11.2 Å². The Labute approximate surface area is 116 Å². The summed E-state index contributed by atoms with van der Waals surface area (Å²) in [6.45, 7) is 5.97. The number of carbonyl (C=O) groups excluding carboxylic acids is 1. The van der Waals surface area contributed by atoms with Gasteiger partial charge in [0.15, 0.2) is 12.0 Å². The van der Waals surface area contributed by atoms with E-state index >= 15 is 0 Å². The average Bonchev–Trinajstić information content (AvgIpc) is 2.85. The first-order valence-corrected chi connectivity index (χ1v) is 6.17. The molecule has 0 N–H and O–H groups in total. The largest absolute Gasteiger partial charge is 0.453 e. The molecule has 0 aliphatic carbocycles. The molecule has 5 heteroatoms. The maximum Gasteiger partial charge on any atom is 0.280 e. The highest BCUT2D eigenvalue weighted by atomic mass is 16.6. The lowest BCUT2D eigenvalue weighted by atomic mass is 9.86. The van der Waals surface area contributed by atoms with E-state index in [1.807, 2.05) is 26.8 Å². The molecule has 1 aromatic heterocycles. The van der Waals surface area contributed by atoms with Gasteiger partial charge in [-0.05, 0) is 29.2 Å². The number of benzene rings is 1. The van der Waals surface area contributed by atoms with Crippen LogP contribution in [-0.2, 0) is 5.41 Å². The summed E-state index contributed by atoms with van der Waals surface area (Å²) in [5.74, 6) is 0.466. The lowest BCUT2D eigenvalue weighted by Crippen LogP contribution is -2.11. The molecule has 1 heterocycles. The van der Waals surface area contributed by atoms with Crippen molar-refractivity contribution in [1.82, 2.24) is 0 Å². The van der Waals surface area contributed by atoms with E-state index in [2.05, 4.69) is 0 Å². The topological polar surface area (TPSA) is 73.3 Å². The number of hydrogen-bond donors (Lipinski definition) is 0. The van der Waals surface area contributed by atoms with Crippen molar-refractivity contribution in [1.29, 1.82) is 0 Å². The first kappa shape index (κ1) is 14.0. The van der Waals surface area contributed by atoms with Gasteiger partial charge in [0.1, 0.15) is 5.76 Å². The van der Waals surface area contributed by atoms with Crippen LogP contribution in [0.5, 0.6) is 0 Å². The highest BCUT2D eigenvalue weighted by Crippen LogP contribution is 2.35. The second-order valence-electron chi connectivity index (χ2n) is 5.56. The maximum absolute atomic E-state index is 11.2. The van der Waals surface area contributed by atoms with Crippen LogP contribution in [0, 0.1) is 10.1 Å². The third kappa shape index (κ3) is 2.61. The van der Waals surface area contributed by atoms with Gasteiger partial charge in [-0.25, -0.2) is 0 Å². The van der Waals surface area contributed by atoms with Crippen molar-refractivity contribution in [3.8, 4) is 11.3 Å². The molecule has 20 heavy (non-hydrogen) atoms. The van der Waals surface area contributed by atoms with Crippen LogP contribution >= 0.6 is 0 Å².